The minimum atomic E-state index is -0.991. The predicted octanol–water partition coefficient (Wildman–Crippen LogP) is 4.03. The molecule has 7 nitrogen and oxygen atoms in total. The molecule has 0 bridgehead atoms. The topological polar surface area (TPSA) is 79.0 Å². The van der Waals surface area contributed by atoms with E-state index in [1.807, 2.05) is 37.3 Å². The van der Waals surface area contributed by atoms with Crippen LogP contribution in [0.4, 0.5) is 5.69 Å². The summed E-state index contributed by atoms with van der Waals surface area (Å²) >= 11 is 3.39. The molecule has 3 atom stereocenters. The number of carbonyl (C=O) groups excluding carboxylic acids is 3. The van der Waals surface area contributed by atoms with Crippen LogP contribution in [0.5, 0.6) is 5.75 Å². The number of fused-ring (bicyclic) bond motifs is 1. The molecule has 3 aromatic rings. The van der Waals surface area contributed by atoms with Gasteiger partial charge in [0.15, 0.2) is 0 Å². The third kappa shape index (κ3) is 3.59. The normalized spacial score (nSPS) is 21.7. The number of hydrazine groups is 1. The monoisotopic (exact) mass is 519 g/mol. The van der Waals surface area contributed by atoms with Crippen molar-refractivity contribution in [1.82, 2.24) is 10.4 Å². The quantitative estimate of drug-likeness (QED) is 0.526. The molecule has 172 valence electrons. The molecule has 2 aliphatic rings. The number of hydrogen-bond acceptors (Lipinski definition) is 5. The maximum atomic E-state index is 13.7. The van der Waals surface area contributed by atoms with Crippen LogP contribution in [0.2, 0.25) is 0 Å². The van der Waals surface area contributed by atoms with Crippen molar-refractivity contribution in [3.63, 3.8) is 0 Å². The Hall–Kier alpha value is -3.49. The SMILES string of the molecule is COc1ccccc1N1C(=O)[C@@H]2[C@@H](c3ccc(C)cc3)NN(C(=O)c3cccc(Br)c3)[C@@H]2C1=O. The Labute approximate surface area is 205 Å². The number of hydrogen-bond donors (Lipinski definition) is 1. The average molecular weight is 520 g/mol. The van der Waals surface area contributed by atoms with Crippen LogP contribution >= 0.6 is 15.9 Å². The third-order valence-electron chi connectivity index (χ3n) is 6.29. The Kier molecular flexibility index (Phi) is 5.71. The number of nitrogens with zero attached hydrogens (tertiary/aromatic N) is 2. The van der Waals surface area contributed by atoms with Gasteiger partial charge in [-0.3, -0.25) is 19.4 Å². The Morgan fingerprint density at radius 2 is 1.71 bits per heavy atom. The zero-order chi connectivity index (χ0) is 24.0. The van der Waals surface area contributed by atoms with Crippen LogP contribution in [-0.4, -0.2) is 35.9 Å². The molecule has 1 N–H and O–H groups in total. The molecule has 3 aromatic carbocycles. The molecular formula is C26H22BrN3O4. The van der Waals surface area contributed by atoms with Crippen LogP contribution in [-0.2, 0) is 9.59 Å². The molecule has 0 aromatic heterocycles. The van der Waals surface area contributed by atoms with Gasteiger partial charge in [0.1, 0.15) is 11.8 Å². The summed E-state index contributed by atoms with van der Waals surface area (Å²) in [5.41, 5.74) is 5.85. The highest BCUT2D eigenvalue weighted by Crippen LogP contribution is 2.44. The largest absolute Gasteiger partial charge is 0.495 e. The summed E-state index contributed by atoms with van der Waals surface area (Å²) in [5, 5.41) is 1.31. The lowest BCUT2D eigenvalue weighted by Crippen LogP contribution is -2.48. The van der Waals surface area contributed by atoms with Crippen molar-refractivity contribution in [1.29, 1.82) is 0 Å². The number of para-hydroxylation sites is 2. The van der Waals surface area contributed by atoms with E-state index in [0.717, 1.165) is 20.5 Å². The van der Waals surface area contributed by atoms with Gasteiger partial charge in [-0.2, -0.15) is 0 Å². The zero-order valence-corrected chi connectivity index (χ0v) is 20.2. The van der Waals surface area contributed by atoms with Gasteiger partial charge in [0, 0.05) is 10.0 Å². The van der Waals surface area contributed by atoms with Crippen molar-refractivity contribution < 1.29 is 19.1 Å². The molecule has 3 amide bonds. The summed E-state index contributed by atoms with van der Waals surface area (Å²) in [5.74, 6) is -1.59. The Morgan fingerprint density at radius 1 is 0.971 bits per heavy atom. The third-order valence-corrected chi connectivity index (χ3v) is 6.78. The maximum absolute atomic E-state index is 13.7. The van der Waals surface area contributed by atoms with Crippen LogP contribution < -0.4 is 15.1 Å². The zero-order valence-electron chi connectivity index (χ0n) is 18.6. The molecule has 2 saturated heterocycles. The number of benzene rings is 3. The van der Waals surface area contributed by atoms with Crippen LogP contribution in [0.3, 0.4) is 0 Å². The fourth-order valence-electron chi connectivity index (χ4n) is 4.64. The summed E-state index contributed by atoms with van der Waals surface area (Å²) < 4.78 is 6.15. The lowest BCUT2D eigenvalue weighted by atomic mass is 9.90. The van der Waals surface area contributed by atoms with Crippen LogP contribution in [0.1, 0.15) is 27.5 Å². The number of nitrogens with one attached hydrogen (secondary N) is 1. The molecule has 0 spiro atoms. The first-order valence-corrected chi connectivity index (χ1v) is 11.6. The number of ether oxygens (including phenoxy) is 1. The van der Waals surface area contributed by atoms with E-state index in [2.05, 4.69) is 21.4 Å². The maximum Gasteiger partial charge on any atom is 0.268 e. The van der Waals surface area contributed by atoms with E-state index in [-0.39, 0.29) is 11.8 Å². The molecule has 34 heavy (non-hydrogen) atoms. The lowest BCUT2D eigenvalue weighted by Gasteiger charge is -2.26. The Bertz CT molecular complexity index is 1290. The molecule has 0 radical (unpaired) electrons. The molecule has 2 aliphatic heterocycles. The number of halogens is 1. The van der Waals surface area contributed by atoms with Gasteiger partial charge in [-0.05, 0) is 42.8 Å². The number of methoxy groups -OCH3 is 1. The second-order valence-electron chi connectivity index (χ2n) is 8.36. The number of amides is 3. The number of aryl methyl sites for hydroxylation is 1. The molecule has 5 rings (SSSR count). The van der Waals surface area contributed by atoms with E-state index in [1.54, 1.807) is 42.5 Å². The van der Waals surface area contributed by atoms with E-state index in [1.165, 1.54) is 12.1 Å². The summed E-state index contributed by atoms with van der Waals surface area (Å²) in [6.07, 6.45) is 0. The molecule has 0 saturated carbocycles. The van der Waals surface area contributed by atoms with Crippen molar-refractivity contribution in [2.45, 2.75) is 19.0 Å². The first-order chi connectivity index (χ1) is 16.4. The molecular weight excluding hydrogens is 498 g/mol. The summed E-state index contributed by atoms with van der Waals surface area (Å²) in [7, 11) is 1.49. The van der Waals surface area contributed by atoms with E-state index < -0.39 is 23.9 Å². The fourth-order valence-corrected chi connectivity index (χ4v) is 5.04. The molecule has 2 fully saturated rings. The predicted molar refractivity (Wildman–Crippen MR) is 130 cm³/mol. The van der Waals surface area contributed by atoms with Crippen molar-refractivity contribution in [2.24, 2.45) is 5.92 Å². The van der Waals surface area contributed by atoms with Gasteiger partial charge in [-0.15, -0.1) is 0 Å². The molecule has 2 heterocycles. The summed E-state index contributed by atoms with van der Waals surface area (Å²) in [4.78, 5) is 42.1. The van der Waals surface area contributed by atoms with Crippen LogP contribution in [0, 0.1) is 12.8 Å². The lowest BCUT2D eigenvalue weighted by molar-refractivity contribution is -0.123. The van der Waals surface area contributed by atoms with Crippen molar-refractivity contribution >= 4 is 39.3 Å². The number of imide groups is 1. The second-order valence-corrected chi connectivity index (χ2v) is 9.27. The van der Waals surface area contributed by atoms with Crippen molar-refractivity contribution in [3.05, 3.63) is 94.0 Å². The van der Waals surface area contributed by atoms with E-state index >= 15 is 0 Å². The van der Waals surface area contributed by atoms with Gasteiger partial charge < -0.3 is 4.74 Å². The minimum Gasteiger partial charge on any atom is -0.495 e. The summed E-state index contributed by atoms with van der Waals surface area (Å²) in [6, 6.07) is 20.0. The highest BCUT2D eigenvalue weighted by atomic mass is 79.9. The van der Waals surface area contributed by atoms with E-state index in [0.29, 0.717) is 17.0 Å². The van der Waals surface area contributed by atoms with Gasteiger partial charge in [-0.25, -0.2) is 10.3 Å². The highest BCUT2D eigenvalue weighted by molar-refractivity contribution is 9.10. The standard InChI is InChI=1S/C26H22BrN3O4/c1-15-10-12-16(13-11-15)22-21-23(30(28-22)24(31)17-6-5-7-18(27)14-17)26(33)29(25(21)32)19-8-3-4-9-20(19)34-2/h3-14,21-23,28H,1-2H3/t21-,22-,23+/m1/s1. The summed E-state index contributed by atoms with van der Waals surface area (Å²) in [6.45, 7) is 1.98. The van der Waals surface area contributed by atoms with Crippen molar-refractivity contribution in [3.8, 4) is 5.75 Å². The first-order valence-electron chi connectivity index (χ1n) is 10.8. The fraction of sp³-hybridized carbons (Fsp3) is 0.192. The number of carbonyl (C=O) groups is 3. The number of rotatable bonds is 4. The Morgan fingerprint density at radius 3 is 2.41 bits per heavy atom. The van der Waals surface area contributed by atoms with E-state index in [4.69, 9.17) is 4.74 Å². The van der Waals surface area contributed by atoms with Crippen LogP contribution in [0.15, 0.2) is 77.3 Å². The molecule has 0 aliphatic carbocycles. The molecule has 0 unspecified atom stereocenters. The first kappa shape index (κ1) is 22.3. The highest BCUT2D eigenvalue weighted by Gasteiger charge is 2.60. The van der Waals surface area contributed by atoms with Gasteiger partial charge in [0.25, 0.3) is 11.8 Å². The number of anilines is 1. The van der Waals surface area contributed by atoms with Crippen LogP contribution in [0.25, 0.3) is 0 Å². The van der Waals surface area contributed by atoms with Gasteiger partial charge in [0.2, 0.25) is 5.91 Å². The average Bonchev–Trinajstić information content (AvgIpc) is 3.35. The molecule has 8 heteroatoms. The second kappa shape index (κ2) is 8.70. The van der Waals surface area contributed by atoms with E-state index in [9.17, 15) is 14.4 Å². The van der Waals surface area contributed by atoms with Gasteiger partial charge >= 0.3 is 0 Å². The minimum absolute atomic E-state index is 0.368. The van der Waals surface area contributed by atoms with Crippen molar-refractivity contribution in [2.75, 3.05) is 12.0 Å². The smallest absolute Gasteiger partial charge is 0.268 e. The van der Waals surface area contributed by atoms with Gasteiger partial charge in [0.05, 0.1) is 24.8 Å². The van der Waals surface area contributed by atoms with Gasteiger partial charge in [-0.1, -0.05) is 64.0 Å². The Balaban J connectivity index is 1.60.